The predicted octanol–water partition coefficient (Wildman–Crippen LogP) is 2.38. The Labute approximate surface area is 116 Å². The Morgan fingerprint density at radius 1 is 1.30 bits per heavy atom. The van der Waals surface area contributed by atoms with E-state index in [1.165, 1.54) is 0 Å². The number of hydrogen-bond donors (Lipinski definition) is 3. The first-order valence-electron chi connectivity index (χ1n) is 6.84. The maximum absolute atomic E-state index is 12.2. The summed E-state index contributed by atoms with van der Waals surface area (Å²) in [6.45, 7) is 0. The first kappa shape index (κ1) is 12.7. The van der Waals surface area contributed by atoms with E-state index in [9.17, 15) is 9.90 Å². The Bertz CT molecular complexity index is 688. The van der Waals surface area contributed by atoms with E-state index in [-0.39, 0.29) is 17.4 Å². The molecule has 1 aromatic carbocycles. The molecule has 0 saturated heterocycles. The number of nitrogen functional groups attached to an aromatic ring is 1. The number of aromatic hydroxyl groups is 1. The molecule has 1 fully saturated rings. The number of anilines is 1. The van der Waals surface area contributed by atoms with Gasteiger partial charge in [-0.25, -0.2) is 0 Å². The molecule has 5 nitrogen and oxygen atoms in total. The lowest BCUT2D eigenvalue weighted by Gasteiger charge is -2.11. The summed E-state index contributed by atoms with van der Waals surface area (Å²) in [5, 5.41) is 10.1. The smallest absolute Gasteiger partial charge is 0.258 e. The molecule has 0 atom stereocenters. The summed E-state index contributed by atoms with van der Waals surface area (Å²) >= 11 is 0. The van der Waals surface area contributed by atoms with E-state index in [0.717, 1.165) is 25.7 Å². The van der Waals surface area contributed by atoms with Crippen molar-refractivity contribution in [1.82, 2.24) is 9.97 Å². The average Bonchev–Trinajstić information content (AvgIpc) is 2.91. The fourth-order valence-electron chi connectivity index (χ4n) is 2.88. The van der Waals surface area contributed by atoms with E-state index in [1.54, 1.807) is 24.3 Å². The highest BCUT2D eigenvalue weighted by molar-refractivity contribution is 5.61. The zero-order valence-electron chi connectivity index (χ0n) is 11.1. The molecular weight excluding hydrogens is 254 g/mol. The van der Waals surface area contributed by atoms with Gasteiger partial charge in [-0.2, -0.15) is 4.98 Å². The molecule has 2 aromatic rings. The molecule has 5 heteroatoms. The predicted molar refractivity (Wildman–Crippen MR) is 77.6 cm³/mol. The van der Waals surface area contributed by atoms with E-state index >= 15 is 0 Å². The van der Waals surface area contributed by atoms with Crippen LogP contribution >= 0.6 is 0 Å². The van der Waals surface area contributed by atoms with Crippen molar-refractivity contribution in [2.24, 2.45) is 0 Å². The molecule has 0 bridgehead atoms. The van der Waals surface area contributed by atoms with Crippen LogP contribution < -0.4 is 11.3 Å². The molecule has 1 heterocycles. The summed E-state index contributed by atoms with van der Waals surface area (Å²) < 4.78 is 0. The minimum absolute atomic E-state index is 0.126. The van der Waals surface area contributed by atoms with Gasteiger partial charge in [-0.05, 0) is 30.9 Å². The Morgan fingerprint density at radius 3 is 2.70 bits per heavy atom. The zero-order valence-corrected chi connectivity index (χ0v) is 11.1. The number of rotatable bonds is 2. The third-order valence-corrected chi connectivity index (χ3v) is 3.86. The van der Waals surface area contributed by atoms with Crippen molar-refractivity contribution in [2.45, 2.75) is 31.6 Å². The van der Waals surface area contributed by atoms with Gasteiger partial charge in [0.15, 0.2) is 0 Å². The second-order valence-corrected chi connectivity index (χ2v) is 5.26. The van der Waals surface area contributed by atoms with Gasteiger partial charge in [0.1, 0.15) is 5.82 Å². The lowest BCUT2D eigenvalue weighted by molar-refractivity contribution is 0.436. The van der Waals surface area contributed by atoms with Crippen molar-refractivity contribution < 1.29 is 5.11 Å². The molecule has 104 valence electrons. The Morgan fingerprint density at radius 2 is 2.05 bits per heavy atom. The number of H-pyrrole nitrogens is 1. The normalized spacial score (nSPS) is 15.6. The quantitative estimate of drug-likeness (QED) is 0.731. The highest BCUT2D eigenvalue weighted by Crippen LogP contribution is 2.35. The molecule has 0 radical (unpaired) electrons. The zero-order chi connectivity index (χ0) is 14.1. The molecule has 0 aliphatic heterocycles. The Balaban J connectivity index is 2.05. The van der Waals surface area contributed by atoms with Crippen LogP contribution in [0.15, 0.2) is 29.1 Å². The molecular formula is C15H17N3O2. The van der Waals surface area contributed by atoms with Crippen molar-refractivity contribution in [3.8, 4) is 17.3 Å². The molecule has 0 spiro atoms. The van der Waals surface area contributed by atoms with E-state index in [0.29, 0.717) is 22.6 Å². The molecule has 1 aliphatic rings. The maximum Gasteiger partial charge on any atom is 0.258 e. The number of benzene rings is 1. The van der Waals surface area contributed by atoms with Crippen molar-refractivity contribution in [1.29, 1.82) is 0 Å². The number of aromatic nitrogens is 2. The molecule has 1 aliphatic carbocycles. The maximum atomic E-state index is 12.2. The lowest BCUT2D eigenvalue weighted by atomic mass is 10.00. The first-order chi connectivity index (χ1) is 9.65. The number of nitrogens with one attached hydrogen (secondary N) is 1. The van der Waals surface area contributed by atoms with Crippen LogP contribution in [-0.4, -0.2) is 15.1 Å². The molecule has 1 aromatic heterocycles. The third-order valence-electron chi connectivity index (χ3n) is 3.86. The number of hydrogen-bond acceptors (Lipinski definition) is 4. The summed E-state index contributed by atoms with van der Waals surface area (Å²) in [5.74, 6) is 0.320. The van der Waals surface area contributed by atoms with E-state index in [2.05, 4.69) is 9.97 Å². The fraction of sp³-hybridized carbons (Fsp3) is 0.333. The van der Waals surface area contributed by atoms with Gasteiger partial charge in [0.2, 0.25) is 5.88 Å². The minimum atomic E-state index is -0.248. The van der Waals surface area contributed by atoms with E-state index in [4.69, 9.17) is 5.73 Å². The SMILES string of the molecule is Nc1cccc(-c2nc(O)c(C3CCCC3)c(=O)[nH]2)c1. The fourth-order valence-corrected chi connectivity index (χ4v) is 2.88. The van der Waals surface area contributed by atoms with Gasteiger partial charge in [0.05, 0.1) is 5.56 Å². The van der Waals surface area contributed by atoms with Crippen LogP contribution in [-0.2, 0) is 0 Å². The van der Waals surface area contributed by atoms with Gasteiger partial charge in [0.25, 0.3) is 5.56 Å². The van der Waals surface area contributed by atoms with Crippen LogP contribution in [0.2, 0.25) is 0 Å². The van der Waals surface area contributed by atoms with Crippen molar-refractivity contribution in [2.75, 3.05) is 5.73 Å². The lowest BCUT2D eigenvalue weighted by Crippen LogP contribution is -2.17. The standard InChI is InChI=1S/C15H17N3O2/c16-11-7-3-6-10(8-11)13-17-14(19)12(15(20)18-13)9-4-1-2-5-9/h3,6-9H,1-2,4-5,16H2,(H2,17,18,19,20). The Kier molecular flexibility index (Phi) is 3.18. The Hall–Kier alpha value is -2.30. The van der Waals surface area contributed by atoms with Gasteiger partial charge < -0.3 is 15.8 Å². The molecule has 0 unspecified atom stereocenters. The topological polar surface area (TPSA) is 92.0 Å². The van der Waals surface area contributed by atoms with Crippen molar-refractivity contribution in [3.63, 3.8) is 0 Å². The highest BCUT2D eigenvalue weighted by Gasteiger charge is 2.24. The van der Waals surface area contributed by atoms with Crippen molar-refractivity contribution in [3.05, 3.63) is 40.2 Å². The van der Waals surface area contributed by atoms with Crippen molar-refractivity contribution >= 4 is 5.69 Å². The largest absolute Gasteiger partial charge is 0.493 e. The average molecular weight is 271 g/mol. The van der Waals surface area contributed by atoms with Crippen LogP contribution in [0.4, 0.5) is 5.69 Å². The van der Waals surface area contributed by atoms with Crippen LogP contribution in [0, 0.1) is 0 Å². The van der Waals surface area contributed by atoms with Gasteiger partial charge in [-0.3, -0.25) is 4.79 Å². The second kappa shape index (κ2) is 5.00. The first-order valence-corrected chi connectivity index (χ1v) is 6.84. The monoisotopic (exact) mass is 271 g/mol. The number of nitrogens with two attached hydrogens (primary N) is 1. The molecule has 20 heavy (non-hydrogen) atoms. The van der Waals surface area contributed by atoms with Gasteiger partial charge in [0, 0.05) is 11.3 Å². The van der Waals surface area contributed by atoms with E-state index < -0.39 is 0 Å². The summed E-state index contributed by atoms with van der Waals surface area (Å²) in [7, 11) is 0. The van der Waals surface area contributed by atoms with E-state index in [1.807, 2.05) is 0 Å². The number of nitrogens with zero attached hydrogens (tertiary/aromatic N) is 1. The summed E-state index contributed by atoms with van der Waals surface area (Å²) in [4.78, 5) is 19.1. The molecule has 0 amide bonds. The molecule has 1 saturated carbocycles. The van der Waals surface area contributed by atoms with Gasteiger partial charge in [-0.1, -0.05) is 25.0 Å². The third kappa shape index (κ3) is 2.27. The number of aromatic amines is 1. The van der Waals surface area contributed by atoms with Crippen LogP contribution in [0.25, 0.3) is 11.4 Å². The summed E-state index contributed by atoms with van der Waals surface area (Å²) in [6, 6.07) is 7.05. The minimum Gasteiger partial charge on any atom is -0.493 e. The van der Waals surface area contributed by atoms with Crippen LogP contribution in [0.3, 0.4) is 0 Å². The summed E-state index contributed by atoms with van der Waals surface area (Å²) in [5.41, 5.74) is 7.17. The second-order valence-electron chi connectivity index (χ2n) is 5.26. The van der Waals surface area contributed by atoms with Gasteiger partial charge >= 0.3 is 0 Å². The van der Waals surface area contributed by atoms with Crippen LogP contribution in [0.5, 0.6) is 5.88 Å². The van der Waals surface area contributed by atoms with Gasteiger partial charge in [-0.15, -0.1) is 0 Å². The highest BCUT2D eigenvalue weighted by atomic mass is 16.3. The van der Waals surface area contributed by atoms with Crippen LogP contribution in [0.1, 0.15) is 37.2 Å². The molecule has 4 N–H and O–H groups in total. The molecule has 3 rings (SSSR count). The summed E-state index contributed by atoms with van der Waals surface area (Å²) in [6.07, 6.45) is 4.08.